The lowest BCUT2D eigenvalue weighted by molar-refractivity contribution is 0.0697. The van der Waals surface area contributed by atoms with Gasteiger partial charge in [0.05, 0.1) is 16.9 Å². The Bertz CT molecular complexity index is 1040. The van der Waals surface area contributed by atoms with Gasteiger partial charge in [-0.1, -0.05) is 41.7 Å². The van der Waals surface area contributed by atoms with Crippen LogP contribution in [0.1, 0.15) is 51.3 Å². The number of rotatable bonds is 4. The highest BCUT2D eigenvalue weighted by molar-refractivity contribution is 9.11. The third-order valence-electron chi connectivity index (χ3n) is 3.20. The number of Topliss-reactive ketones (excluding diaryl/α,β-unsaturated/α-hetero) is 2. The molecule has 0 bridgehead atoms. The number of carboxylic acids is 1. The molecule has 31 heavy (non-hydrogen) atoms. The number of aromatic carboxylic acids is 1. The van der Waals surface area contributed by atoms with Crippen LogP contribution < -0.4 is 0 Å². The van der Waals surface area contributed by atoms with E-state index in [1.54, 1.807) is 12.1 Å². The molecule has 3 rings (SSSR count). The van der Waals surface area contributed by atoms with Crippen LogP contribution in [0.4, 0.5) is 0 Å². The number of ketones is 2. The highest BCUT2D eigenvalue weighted by Crippen LogP contribution is 2.33. The molecular weight excluding hydrogens is 722 g/mol. The highest BCUT2D eigenvalue weighted by Gasteiger charge is 2.12. The van der Waals surface area contributed by atoms with Gasteiger partial charge in [0.1, 0.15) is 13.0 Å². The lowest BCUT2D eigenvalue weighted by Gasteiger charge is -1.90. The van der Waals surface area contributed by atoms with Crippen molar-refractivity contribution in [2.24, 2.45) is 0 Å². The highest BCUT2D eigenvalue weighted by atomic mass is 79.9. The molecule has 0 aliphatic carbocycles. The Morgan fingerprint density at radius 3 is 1.35 bits per heavy atom. The lowest BCUT2D eigenvalue weighted by atomic mass is 10.2. The normalized spacial score (nSPS) is 9.94. The number of hydrogen-bond donors (Lipinski definition) is 1. The number of carbonyl (C=O) groups excluding carboxylic acids is 2. The quantitative estimate of drug-likeness (QED) is 0.271. The fourth-order valence-corrected chi connectivity index (χ4v) is 7.90. The van der Waals surface area contributed by atoms with E-state index in [1.165, 1.54) is 47.0 Å². The third kappa shape index (κ3) is 9.54. The number of halogens is 6. The SMILES string of the molecule is CC(=O)c1cc(Br)sc1Cl.CCC(=O)c1cc(Br)sc1Cl.O=C(O)c1cc(Br)sc1Cl. The maximum atomic E-state index is 11.1. The van der Waals surface area contributed by atoms with Crippen molar-refractivity contribution in [1.82, 2.24) is 0 Å². The van der Waals surface area contributed by atoms with Gasteiger partial charge in [-0.15, -0.1) is 34.0 Å². The van der Waals surface area contributed by atoms with E-state index < -0.39 is 5.97 Å². The van der Waals surface area contributed by atoms with Crippen LogP contribution in [0.25, 0.3) is 0 Å². The summed E-state index contributed by atoms with van der Waals surface area (Å²) in [5, 5.41) is 8.48. The van der Waals surface area contributed by atoms with E-state index in [2.05, 4.69) is 47.8 Å². The summed E-state index contributed by atoms with van der Waals surface area (Å²) < 4.78 is 3.96. The van der Waals surface area contributed by atoms with Crippen molar-refractivity contribution in [3.8, 4) is 0 Å². The molecule has 0 saturated carbocycles. The molecule has 3 heterocycles. The molecule has 0 unspecified atom stereocenters. The number of hydrogen-bond acceptors (Lipinski definition) is 6. The molecule has 1 N–H and O–H groups in total. The first-order chi connectivity index (χ1) is 14.4. The number of carbonyl (C=O) groups is 3. The van der Waals surface area contributed by atoms with Crippen LogP contribution in [0.15, 0.2) is 29.6 Å². The van der Waals surface area contributed by atoms with E-state index in [9.17, 15) is 14.4 Å². The Hall–Kier alpha value is 0.220. The first-order valence-electron chi connectivity index (χ1n) is 7.99. The van der Waals surface area contributed by atoms with Crippen molar-refractivity contribution in [3.05, 3.63) is 59.3 Å². The molecule has 168 valence electrons. The molecule has 4 nitrogen and oxygen atoms in total. The summed E-state index contributed by atoms with van der Waals surface area (Å²) in [6, 6.07) is 4.98. The average Bonchev–Trinajstić information content (AvgIpc) is 3.31. The van der Waals surface area contributed by atoms with Crippen LogP contribution in [-0.4, -0.2) is 22.6 Å². The minimum Gasteiger partial charge on any atom is -0.478 e. The molecule has 13 heteroatoms. The first kappa shape index (κ1) is 29.3. The predicted molar refractivity (Wildman–Crippen MR) is 143 cm³/mol. The van der Waals surface area contributed by atoms with Gasteiger partial charge in [-0.25, -0.2) is 4.79 Å². The molecule has 0 spiro atoms. The second-order valence-electron chi connectivity index (χ2n) is 5.35. The van der Waals surface area contributed by atoms with Gasteiger partial charge >= 0.3 is 5.97 Å². The minimum absolute atomic E-state index is 0.00644. The smallest absolute Gasteiger partial charge is 0.338 e. The zero-order chi connectivity index (χ0) is 23.9. The summed E-state index contributed by atoms with van der Waals surface area (Å²) in [5.74, 6) is -0.893. The van der Waals surface area contributed by atoms with Gasteiger partial charge in [0, 0.05) is 17.5 Å². The summed E-state index contributed by atoms with van der Waals surface area (Å²) in [6.07, 6.45) is 0.503. The number of carboxylic acid groups (broad SMARTS) is 1. The van der Waals surface area contributed by atoms with Gasteiger partial charge in [0.2, 0.25) is 0 Å². The van der Waals surface area contributed by atoms with Crippen LogP contribution in [0.2, 0.25) is 13.0 Å². The molecule has 0 amide bonds. The molecule has 0 radical (unpaired) electrons. The Morgan fingerprint density at radius 2 is 1.16 bits per heavy atom. The molecule has 0 saturated heterocycles. The van der Waals surface area contributed by atoms with Crippen LogP contribution in [0, 0.1) is 0 Å². The maximum absolute atomic E-state index is 11.1. The third-order valence-corrected chi connectivity index (χ3v) is 8.79. The van der Waals surface area contributed by atoms with Gasteiger partial charge in [-0.3, -0.25) is 9.59 Å². The number of thiophene rings is 3. The van der Waals surface area contributed by atoms with Gasteiger partial charge in [-0.2, -0.15) is 0 Å². The summed E-state index contributed by atoms with van der Waals surface area (Å²) in [7, 11) is 0. The van der Waals surface area contributed by atoms with E-state index >= 15 is 0 Å². The molecule has 3 aromatic rings. The van der Waals surface area contributed by atoms with Crippen molar-refractivity contribution >= 4 is 134 Å². The van der Waals surface area contributed by atoms with Gasteiger partial charge in [0.25, 0.3) is 0 Å². The summed E-state index contributed by atoms with van der Waals surface area (Å²) >= 11 is 30.6. The van der Waals surface area contributed by atoms with E-state index in [-0.39, 0.29) is 17.1 Å². The Balaban J connectivity index is 0.000000233. The topological polar surface area (TPSA) is 71.4 Å². The molecule has 3 aromatic heterocycles. The van der Waals surface area contributed by atoms with Crippen LogP contribution in [0.3, 0.4) is 0 Å². The van der Waals surface area contributed by atoms with Crippen molar-refractivity contribution in [1.29, 1.82) is 0 Å². The second-order valence-corrected chi connectivity index (χ2v) is 14.5. The van der Waals surface area contributed by atoms with Crippen molar-refractivity contribution in [3.63, 3.8) is 0 Å². The lowest BCUT2D eigenvalue weighted by Crippen LogP contribution is -1.93. The van der Waals surface area contributed by atoms with E-state index in [0.717, 1.165) is 11.4 Å². The minimum atomic E-state index is -0.994. The summed E-state index contributed by atoms with van der Waals surface area (Å²) in [4.78, 5) is 32.3. The second kappa shape index (κ2) is 13.8. The zero-order valence-electron chi connectivity index (χ0n) is 15.6. The predicted octanol–water partition coefficient (Wildman–Crippen LogP) is 9.99. The van der Waals surface area contributed by atoms with Crippen molar-refractivity contribution in [2.45, 2.75) is 20.3 Å². The van der Waals surface area contributed by atoms with Crippen molar-refractivity contribution < 1.29 is 19.5 Å². The van der Waals surface area contributed by atoms with E-state index in [1.807, 2.05) is 6.92 Å². The Kier molecular flexibility index (Phi) is 13.0. The summed E-state index contributed by atoms with van der Waals surface area (Å²) in [6.45, 7) is 3.32. The molecule has 0 aliphatic heterocycles. The zero-order valence-corrected chi connectivity index (χ0v) is 25.1. The molecule has 0 fully saturated rings. The summed E-state index contributed by atoms with van der Waals surface area (Å²) in [5.41, 5.74) is 1.38. The van der Waals surface area contributed by atoms with Gasteiger partial charge in [0.15, 0.2) is 11.6 Å². The fourth-order valence-electron chi connectivity index (χ4n) is 1.79. The Morgan fingerprint density at radius 1 is 0.806 bits per heavy atom. The molecular formula is C18H12Br3Cl3O4S3. The monoisotopic (exact) mass is 730 g/mol. The van der Waals surface area contributed by atoms with Crippen LogP contribution in [-0.2, 0) is 0 Å². The van der Waals surface area contributed by atoms with Gasteiger partial charge < -0.3 is 5.11 Å². The van der Waals surface area contributed by atoms with E-state index in [4.69, 9.17) is 39.9 Å². The largest absolute Gasteiger partial charge is 0.478 e. The van der Waals surface area contributed by atoms with Crippen LogP contribution in [0.5, 0.6) is 0 Å². The Labute approximate surface area is 230 Å². The standard InChI is InChI=1S/C7H6BrClOS.C6H4BrClOS.C5H2BrClO2S/c1-2-5(10)4-3-6(8)11-7(4)9;1-3(9)4-2-5(7)10-6(4)8;6-3-1-2(5(8)9)4(7)10-3/h3H,2H2,1H3;2H,1H3;1H,(H,8,9). The first-order valence-corrected chi connectivity index (χ1v) is 13.9. The van der Waals surface area contributed by atoms with Gasteiger partial charge in [-0.05, 0) is 72.9 Å². The fraction of sp³-hybridized carbons (Fsp3) is 0.167. The van der Waals surface area contributed by atoms with E-state index in [0.29, 0.717) is 30.6 Å². The maximum Gasteiger partial charge on any atom is 0.338 e. The van der Waals surface area contributed by atoms with Crippen LogP contribution >= 0.6 is 117 Å². The molecule has 0 atom stereocenters. The van der Waals surface area contributed by atoms with Crippen molar-refractivity contribution in [2.75, 3.05) is 0 Å². The molecule has 0 aromatic carbocycles. The average molecular weight is 735 g/mol. The molecule has 0 aliphatic rings.